The van der Waals surface area contributed by atoms with Crippen LogP contribution in [0, 0.1) is 0 Å². The minimum Gasteiger partial charge on any atom is -0.293 e. The van der Waals surface area contributed by atoms with Gasteiger partial charge in [-0.25, -0.2) is 9.50 Å². The normalized spacial score (nSPS) is 14.9. The Morgan fingerprint density at radius 3 is 3.00 bits per heavy atom. The summed E-state index contributed by atoms with van der Waals surface area (Å²) in [5.74, 6) is 0.385. The van der Waals surface area contributed by atoms with Crippen LogP contribution in [0.3, 0.4) is 0 Å². The van der Waals surface area contributed by atoms with Crippen molar-refractivity contribution in [3.8, 4) is 0 Å². The maximum atomic E-state index is 12.1. The van der Waals surface area contributed by atoms with Gasteiger partial charge in [0.15, 0.2) is 5.65 Å². The van der Waals surface area contributed by atoms with Gasteiger partial charge in [-0.05, 0) is 25.2 Å². The Balaban J connectivity index is 2.33. The summed E-state index contributed by atoms with van der Waals surface area (Å²) in [4.78, 5) is 16.7. The highest BCUT2D eigenvalue weighted by molar-refractivity contribution is 5.43. The summed E-state index contributed by atoms with van der Waals surface area (Å²) in [6.07, 6.45) is 2.88. The molecule has 3 rings (SSSR count). The maximum absolute atomic E-state index is 12.1. The zero-order valence-corrected chi connectivity index (χ0v) is 9.58. The molecule has 0 radical (unpaired) electrons. The van der Waals surface area contributed by atoms with Crippen LogP contribution in [-0.2, 0) is 12.8 Å². The Hall–Kier alpha value is -1.58. The minimum atomic E-state index is 0.0874. The molecule has 0 unspecified atom stereocenters. The lowest BCUT2D eigenvalue weighted by atomic mass is 10.1. The van der Waals surface area contributed by atoms with E-state index in [1.165, 1.54) is 0 Å². The predicted octanol–water partition coefficient (Wildman–Crippen LogP) is 1.63. The van der Waals surface area contributed by atoms with Gasteiger partial charge in [0.1, 0.15) is 0 Å². The Morgan fingerprint density at radius 1 is 1.44 bits per heavy atom. The summed E-state index contributed by atoms with van der Waals surface area (Å²) >= 11 is 0. The van der Waals surface area contributed by atoms with Crippen molar-refractivity contribution in [3.05, 3.63) is 33.4 Å². The van der Waals surface area contributed by atoms with Gasteiger partial charge in [0.2, 0.25) is 0 Å². The third kappa shape index (κ3) is 1.22. The Kier molecular flexibility index (Phi) is 1.93. The van der Waals surface area contributed by atoms with Gasteiger partial charge in [0, 0.05) is 17.3 Å². The van der Waals surface area contributed by atoms with E-state index in [2.05, 4.69) is 23.9 Å². The zero-order valence-electron chi connectivity index (χ0n) is 9.58. The van der Waals surface area contributed by atoms with E-state index in [4.69, 9.17) is 0 Å². The van der Waals surface area contributed by atoms with E-state index in [1.807, 2.05) is 6.07 Å². The summed E-state index contributed by atoms with van der Waals surface area (Å²) in [6.45, 7) is 4.20. The maximum Gasteiger partial charge on any atom is 0.276 e. The quantitative estimate of drug-likeness (QED) is 0.789. The Labute approximate surface area is 93.3 Å². The first kappa shape index (κ1) is 9.63. The van der Waals surface area contributed by atoms with Crippen LogP contribution in [0.15, 0.2) is 10.9 Å². The molecule has 0 atom stereocenters. The highest BCUT2D eigenvalue weighted by Gasteiger charge is 2.19. The van der Waals surface area contributed by atoms with Crippen LogP contribution in [-0.4, -0.2) is 14.6 Å². The van der Waals surface area contributed by atoms with Gasteiger partial charge in [-0.2, -0.15) is 0 Å². The van der Waals surface area contributed by atoms with Crippen molar-refractivity contribution >= 4 is 5.65 Å². The molecule has 2 aromatic heterocycles. The fourth-order valence-electron chi connectivity index (χ4n) is 2.31. The SMILES string of the molecule is CC(C)c1cc2nc3c(c(=O)n2[nH]1)CCC3. The van der Waals surface area contributed by atoms with E-state index in [0.29, 0.717) is 5.92 Å². The highest BCUT2D eigenvalue weighted by atomic mass is 16.1. The summed E-state index contributed by atoms with van der Waals surface area (Å²) in [6, 6.07) is 1.98. The monoisotopic (exact) mass is 217 g/mol. The molecule has 2 aromatic rings. The number of aromatic amines is 1. The minimum absolute atomic E-state index is 0.0874. The van der Waals surface area contributed by atoms with Crippen LogP contribution < -0.4 is 5.56 Å². The van der Waals surface area contributed by atoms with E-state index in [9.17, 15) is 4.79 Å². The van der Waals surface area contributed by atoms with Gasteiger partial charge < -0.3 is 0 Å². The second-order valence-electron chi connectivity index (χ2n) is 4.76. The molecule has 1 N–H and O–H groups in total. The van der Waals surface area contributed by atoms with Crippen molar-refractivity contribution in [3.63, 3.8) is 0 Å². The number of nitrogens with zero attached hydrogens (tertiary/aromatic N) is 2. The molecule has 0 saturated heterocycles. The number of aryl methyl sites for hydroxylation is 1. The molecule has 1 aliphatic carbocycles. The molecule has 0 fully saturated rings. The number of H-pyrrole nitrogens is 1. The summed E-state index contributed by atoms with van der Waals surface area (Å²) in [5, 5.41) is 3.13. The molecule has 16 heavy (non-hydrogen) atoms. The molecular weight excluding hydrogens is 202 g/mol. The van der Waals surface area contributed by atoms with Gasteiger partial charge in [0.05, 0.1) is 5.69 Å². The van der Waals surface area contributed by atoms with Crippen molar-refractivity contribution in [2.45, 2.75) is 39.0 Å². The second-order valence-corrected chi connectivity index (χ2v) is 4.76. The molecule has 0 aromatic carbocycles. The van der Waals surface area contributed by atoms with Crippen LogP contribution in [0.4, 0.5) is 0 Å². The van der Waals surface area contributed by atoms with E-state index in [1.54, 1.807) is 4.52 Å². The Bertz CT molecular complexity index is 606. The molecular formula is C12H15N3O. The average Bonchev–Trinajstić information content (AvgIpc) is 2.83. The fourth-order valence-corrected chi connectivity index (χ4v) is 2.31. The number of fused-ring (bicyclic) bond motifs is 2. The molecule has 0 amide bonds. The third-order valence-electron chi connectivity index (χ3n) is 3.28. The van der Waals surface area contributed by atoms with Crippen molar-refractivity contribution in [2.75, 3.05) is 0 Å². The van der Waals surface area contributed by atoms with Gasteiger partial charge in [-0.3, -0.25) is 9.89 Å². The lowest BCUT2D eigenvalue weighted by Gasteiger charge is -1.99. The van der Waals surface area contributed by atoms with Gasteiger partial charge in [-0.1, -0.05) is 13.8 Å². The van der Waals surface area contributed by atoms with Crippen molar-refractivity contribution in [1.82, 2.24) is 14.6 Å². The standard InChI is InChI=1S/C12H15N3O/c1-7(2)10-6-11-13-9-5-3-4-8(9)12(16)15(11)14-10/h6-7,14H,3-5H2,1-2H3. The first-order chi connectivity index (χ1) is 7.66. The van der Waals surface area contributed by atoms with Crippen molar-refractivity contribution in [2.24, 2.45) is 0 Å². The van der Waals surface area contributed by atoms with Crippen LogP contribution >= 0.6 is 0 Å². The number of hydrogen-bond acceptors (Lipinski definition) is 2. The zero-order chi connectivity index (χ0) is 11.3. The van der Waals surface area contributed by atoms with Crippen molar-refractivity contribution in [1.29, 1.82) is 0 Å². The van der Waals surface area contributed by atoms with Crippen LogP contribution in [0.5, 0.6) is 0 Å². The van der Waals surface area contributed by atoms with E-state index >= 15 is 0 Å². The first-order valence-corrected chi connectivity index (χ1v) is 5.80. The van der Waals surface area contributed by atoms with Crippen LogP contribution in [0.25, 0.3) is 5.65 Å². The smallest absolute Gasteiger partial charge is 0.276 e. The molecule has 1 aliphatic rings. The number of rotatable bonds is 1. The Morgan fingerprint density at radius 2 is 2.25 bits per heavy atom. The summed E-state index contributed by atoms with van der Waals surface area (Å²) in [5.41, 5.74) is 3.81. The average molecular weight is 217 g/mol. The molecule has 84 valence electrons. The van der Waals surface area contributed by atoms with E-state index in [-0.39, 0.29) is 5.56 Å². The first-order valence-electron chi connectivity index (χ1n) is 5.80. The molecule has 4 nitrogen and oxygen atoms in total. The van der Waals surface area contributed by atoms with E-state index < -0.39 is 0 Å². The third-order valence-corrected chi connectivity index (χ3v) is 3.28. The number of hydrogen-bond donors (Lipinski definition) is 1. The number of aromatic nitrogens is 3. The lowest BCUT2D eigenvalue weighted by molar-refractivity contribution is 0.771. The van der Waals surface area contributed by atoms with Gasteiger partial charge in [0.25, 0.3) is 5.56 Å². The van der Waals surface area contributed by atoms with Gasteiger partial charge in [-0.15, -0.1) is 0 Å². The van der Waals surface area contributed by atoms with Crippen molar-refractivity contribution < 1.29 is 0 Å². The molecule has 2 heterocycles. The fraction of sp³-hybridized carbons (Fsp3) is 0.500. The molecule has 4 heteroatoms. The number of nitrogens with one attached hydrogen (secondary N) is 1. The highest BCUT2D eigenvalue weighted by Crippen LogP contribution is 2.19. The van der Waals surface area contributed by atoms with E-state index in [0.717, 1.165) is 41.9 Å². The van der Waals surface area contributed by atoms with Crippen LogP contribution in [0.1, 0.15) is 43.1 Å². The predicted molar refractivity (Wildman–Crippen MR) is 61.9 cm³/mol. The van der Waals surface area contributed by atoms with Crippen LogP contribution in [0.2, 0.25) is 0 Å². The molecule has 0 aliphatic heterocycles. The molecule has 0 spiro atoms. The largest absolute Gasteiger partial charge is 0.293 e. The second kappa shape index (κ2) is 3.20. The molecule has 0 saturated carbocycles. The van der Waals surface area contributed by atoms with Gasteiger partial charge >= 0.3 is 0 Å². The lowest BCUT2D eigenvalue weighted by Crippen LogP contribution is -2.20. The summed E-state index contributed by atoms with van der Waals surface area (Å²) < 4.78 is 1.58. The topological polar surface area (TPSA) is 50.2 Å². The molecule has 0 bridgehead atoms. The summed E-state index contributed by atoms with van der Waals surface area (Å²) in [7, 11) is 0.